The van der Waals surface area contributed by atoms with Crippen LogP contribution >= 0.6 is 0 Å². The Labute approximate surface area is 110 Å². The Bertz CT molecular complexity index is 274. The van der Waals surface area contributed by atoms with Gasteiger partial charge in [0.15, 0.2) is 0 Å². The molecule has 4 heteroatoms. The molecule has 1 aliphatic carbocycles. The lowest BCUT2D eigenvalue weighted by atomic mass is 9.79. The Morgan fingerprint density at radius 1 is 1.22 bits per heavy atom. The lowest BCUT2D eigenvalue weighted by Gasteiger charge is -2.36. The molecule has 4 nitrogen and oxygen atoms in total. The van der Waals surface area contributed by atoms with Crippen LogP contribution in [0, 0.1) is 5.92 Å². The highest BCUT2D eigenvalue weighted by Crippen LogP contribution is 2.30. The first-order valence-electron chi connectivity index (χ1n) is 7.35. The highest BCUT2D eigenvalue weighted by Gasteiger charge is 2.33. The van der Waals surface area contributed by atoms with E-state index in [2.05, 4.69) is 10.6 Å². The summed E-state index contributed by atoms with van der Waals surface area (Å²) in [5.74, 6) is 0.898. The molecule has 18 heavy (non-hydrogen) atoms. The summed E-state index contributed by atoms with van der Waals surface area (Å²) in [6.45, 7) is 1.66. The third-order valence-electron chi connectivity index (χ3n) is 4.45. The molecule has 2 fully saturated rings. The Morgan fingerprint density at radius 3 is 2.67 bits per heavy atom. The SMILES string of the molecule is CN(C)C(=O)CNC1CCCCC1C1CCCN1. The molecule has 1 saturated heterocycles. The summed E-state index contributed by atoms with van der Waals surface area (Å²) in [5.41, 5.74) is 0. The minimum Gasteiger partial charge on any atom is -0.348 e. The van der Waals surface area contributed by atoms with E-state index < -0.39 is 0 Å². The van der Waals surface area contributed by atoms with Crippen LogP contribution in [0.25, 0.3) is 0 Å². The minimum absolute atomic E-state index is 0.179. The molecule has 0 bridgehead atoms. The minimum atomic E-state index is 0.179. The third-order valence-corrected chi connectivity index (χ3v) is 4.45. The monoisotopic (exact) mass is 253 g/mol. The molecule has 1 saturated carbocycles. The van der Waals surface area contributed by atoms with Crippen molar-refractivity contribution in [2.24, 2.45) is 5.92 Å². The van der Waals surface area contributed by atoms with Crippen LogP contribution in [-0.4, -0.2) is 50.1 Å². The molecule has 1 amide bonds. The zero-order valence-corrected chi connectivity index (χ0v) is 11.7. The van der Waals surface area contributed by atoms with E-state index in [1.165, 1.54) is 45.1 Å². The standard InChI is InChI=1S/C14H27N3O/c1-17(2)14(18)10-16-13-7-4-3-6-11(13)12-8-5-9-15-12/h11-13,15-16H,3-10H2,1-2H3. The van der Waals surface area contributed by atoms with Gasteiger partial charge < -0.3 is 15.5 Å². The topological polar surface area (TPSA) is 44.4 Å². The molecule has 3 unspecified atom stereocenters. The summed E-state index contributed by atoms with van der Waals surface area (Å²) < 4.78 is 0. The van der Waals surface area contributed by atoms with Crippen molar-refractivity contribution >= 4 is 5.91 Å². The second-order valence-corrected chi connectivity index (χ2v) is 5.93. The van der Waals surface area contributed by atoms with Crippen molar-refractivity contribution in [1.82, 2.24) is 15.5 Å². The van der Waals surface area contributed by atoms with Crippen molar-refractivity contribution in [3.8, 4) is 0 Å². The number of nitrogens with one attached hydrogen (secondary N) is 2. The Morgan fingerprint density at radius 2 is 2.00 bits per heavy atom. The fourth-order valence-corrected chi connectivity index (χ4v) is 3.35. The molecular weight excluding hydrogens is 226 g/mol. The van der Waals surface area contributed by atoms with Crippen LogP contribution in [0.1, 0.15) is 38.5 Å². The number of hydrogen-bond acceptors (Lipinski definition) is 3. The van der Waals surface area contributed by atoms with E-state index in [9.17, 15) is 4.79 Å². The van der Waals surface area contributed by atoms with Gasteiger partial charge in [0.2, 0.25) is 5.91 Å². The molecule has 1 aliphatic heterocycles. The van der Waals surface area contributed by atoms with Crippen molar-refractivity contribution in [2.45, 2.75) is 50.6 Å². The van der Waals surface area contributed by atoms with Crippen LogP contribution in [0.15, 0.2) is 0 Å². The maximum atomic E-state index is 11.7. The Balaban J connectivity index is 1.85. The average Bonchev–Trinajstić information content (AvgIpc) is 2.89. The third kappa shape index (κ3) is 3.45. The van der Waals surface area contributed by atoms with Gasteiger partial charge in [0, 0.05) is 26.2 Å². The smallest absolute Gasteiger partial charge is 0.236 e. The van der Waals surface area contributed by atoms with E-state index in [1.807, 2.05) is 14.1 Å². The predicted molar refractivity (Wildman–Crippen MR) is 73.5 cm³/mol. The molecular formula is C14H27N3O. The average molecular weight is 253 g/mol. The summed E-state index contributed by atoms with van der Waals surface area (Å²) in [4.78, 5) is 13.3. The number of nitrogens with zero attached hydrogens (tertiary/aromatic N) is 1. The van der Waals surface area contributed by atoms with Crippen LogP contribution in [0.4, 0.5) is 0 Å². The second kappa shape index (κ2) is 6.53. The van der Waals surface area contributed by atoms with Crippen molar-refractivity contribution in [1.29, 1.82) is 0 Å². The highest BCUT2D eigenvalue weighted by atomic mass is 16.2. The van der Waals surface area contributed by atoms with E-state index in [1.54, 1.807) is 4.90 Å². The van der Waals surface area contributed by atoms with Gasteiger partial charge in [-0.3, -0.25) is 4.79 Å². The fourth-order valence-electron chi connectivity index (χ4n) is 3.35. The summed E-state index contributed by atoms with van der Waals surface area (Å²) in [7, 11) is 3.64. The van der Waals surface area contributed by atoms with Gasteiger partial charge in [0.1, 0.15) is 0 Å². The molecule has 2 rings (SSSR count). The number of rotatable bonds is 4. The fraction of sp³-hybridized carbons (Fsp3) is 0.929. The normalized spacial score (nSPS) is 32.4. The van der Waals surface area contributed by atoms with Gasteiger partial charge in [-0.15, -0.1) is 0 Å². The van der Waals surface area contributed by atoms with Crippen LogP contribution in [0.3, 0.4) is 0 Å². The largest absolute Gasteiger partial charge is 0.348 e. The first-order valence-corrected chi connectivity index (χ1v) is 7.35. The first-order chi connectivity index (χ1) is 8.68. The van der Waals surface area contributed by atoms with E-state index in [0.29, 0.717) is 18.6 Å². The maximum absolute atomic E-state index is 11.7. The van der Waals surface area contributed by atoms with Crippen LogP contribution < -0.4 is 10.6 Å². The van der Waals surface area contributed by atoms with Crippen molar-refractivity contribution in [2.75, 3.05) is 27.2 Å². The zero-order chi connectivity index (χ0) is 13.0. The predicted octanol–water partition coefficient (Wildman–Crippen LogP) is 0.975. The van der Waals surface area contributed by atoms with Crippen LogP contribution in [-0.2, 0) is 4.79 Å². The summed E-state index contributed by atoms with van der Waals surface area (Å²) in [5, 5.41) is 7.13. The number of hydrogen-bond donors (Lipinski definition) is 2. The highest BCUT2D eigenvalue weighted by molar-refractivity contribution is 5.77. The Hall–Kier alpha value is -0.610. The van der Waals surface area contributed by atoms with Gasteiger partial charge >= 0.3 is 0 Å². The van der Waals surface area contributed by atoms with Gasteiger partial charge in [0.05, 0.1) is 6.54 Å². The molecule has 0 radical (unpaired) electrons. The maximum Gasteiger partial charge on any atom is 0.236 e. The molecule has 2 N–H and O–H groups in total. The molecule has 104 valence electrons. The van der Waals surface area contributed by atoms with Gasteiger partial charge in [-0.25, -0.2) is 0 Å². The van der Waals surface area contributed by atoms with Gasteiger partial charge in [-0.05, 0) is 38.1 Å². The van der Waals surface area contributed by atoms with Gasteiger partial charge in [-0.2, -0.15) is 0 Å². The molecule has 0 aromatic rings. The summed E-state index contributed by atoms with van der Waals surface area (Å²) in [6.07, 6.45) is 7.81. The molecule has 3 atom stereocenters. The quantitative estimate of drug-likeness (QED) is 0.785. The summed E-state index contributed by atoms with van der Waals surface area (Å²) >= 11 is 0. The summed E-state index contributed by atoms with van der Waals surface area (Å²) in [6, 6.07) is 1.20. The van der Waals surface area contributed by atoms with Crippen molar-refractivity contribution in [3.05, 3.63) is 0 Å². The molecule has 0 aromatic heterocycles. The molecule has 1 heterocycles. The lowest BCUT2D eigenvalue weighted by Crippen LogP contribution is -2.49. The van der Waals surface area contributed by atoms with Gasteiger partial charge in [0.25, 0.3) is 0 Å². The van der Waals surface area contributed by atoms with E-state index in [4.69, 9.17) is 0 Å². The van der Waals surface area contributed by atoms with E-state index in [-0.39, 0.29) is 5.91 Å². The second-order valence-electron chi connectivity index (χ2n) is 5.93. The number of likely N-dealkylation sites (N-methyl/N-ethyl adjacent to an activating group) is 1. The van der Waals surface area contributed by atoms with E-state index in [0.717, 1.165) is 5.92 Å². The molecule has 2 aliphatic rings. The van der Waals surface area contributed by atoms with Crippen LogP contribution in [0.5, 0.6) is 0 Å². The lowest BCUT2D eigenvalue weighted by molar-refractivity contribution is -0.128. The number of carbonyl (C=O) groups excluding carboxylic acids is 1. The molecule has 0 aromatic carbocycles. The molecule has 0 spiro atoms. The Kier molecular flexibility index (Phi) is 5.01. The van der Waals surface area contributed by atoms with E-state index >= 15 is 0 Å². The van der Waals surface area contributed by atoms with Gasteiger partial charge in [-0.1, -0.05) is 12.8 Å². The van der Waals surface area contributed by atoms with Crippen LogP contribution in [0.2, 0.25) is 0 Å². The number of carbonyl (C=O) groups is 1. The van der Waals surface area contributed by atoms with Crippen molar-refractivity contribution < 1.29 is 4.79 Å². The number of amides is 1. The first kappa shape index (κ1) is 13.8. The zero-order valence-electron chi connectivity index (χ0n) is 11.7. The van der Waals surface area contributed by atoms with Crippen molar-refractivity contribution in [3.63, 3.8) is 0 Å².